The van der Waals surface area contributed by atoms with Crippen LogP contribution in [0.5, 0.6) is 11.5 Å². The molecular weight excluding hydrogens is 582 g/mol. The fourth-order valence-corrected chi connectivity index (χ4v) is 3.90. The number of unbranched alkanes of at least 4 members (excludes halogenated alkanes) is 4. The van der Waals surface area contributed by atoms with Gasteiger partial charge in [0.2, 0.25) is 0 Å². The summed E-state index contributed by atoms with van der Waals surface area (Å²) in [6.07, 6.45) is -1.34. The van der Waals surface area contributed by atoms with Gasteiger partial charge in [0.1, 0.15) is 29.8 Å². The molecule has 256 valence electrons. The van der Waals surface area contributed by atoms with Crippen LogP contribution in [0.1, 0.15) is 69.7 Å². The van der Waals surface area contributed by atoms with Crippen molar-refractivity contribution < 1.29 is 64.2 Å². The van der Waals surface area contributed by atoms with Gasteiger partial charge < -0.3 is 65.2 Å². The fraction of sp³-hybridized carbons (Fsp3) is 0.767. The Morgan fingerprint density at radius 1 is 0.864 bits per heavy atom. The third-order valence-electron chi connectivity index (χ3n) is 6.71. The minimum atomic E-state index is -1.40. The first-order chi connectivity index (χ1) is 21.0. The van der Waals surface area contributed by atoms with Gasteiger partial charge in [0, 0.05) is 12.6 Å². The molecule has 7 atom stereocenters. The van der Waals surface area contributed by atoms with E-state index in [4.69, 9.17) is 44.7 Å². The lowest BCUT2D eigenvalue weighted by Gasteiger charge is -2.28. The maximum atomic E-state index is 12.4. The first-order valence-electron chi connectivity index (χ1n) is 15.2. The molecule has 14 heteroatoms. The van der Waals surface area contributed by atoms with E-state index < -0.39 is 68.2 Å². The van der Waals surface area contributed by atoms with E-state index in [1.54, 1.807) is 18.2 Å². The number of carbonyl (C=O) groups excluding carboxylic acids is 1. The number of aliphatic hydroxyl groups excluding tert-OH is 7. The summed E-state index contributed by atoms with van der Waals surface area (Å²) in [5.41, 5.74) is 5.68. The van der Waals surface area contributed by atoms with Crippen LogP contribution in [0.3, 0.4) is 0 Å². The van der Waals surface area contributed by atoms with Crippen LogP contribution >= 0.6 is 0 Å². The molecule has 0 heterocycles. The Bertz CT molecular complexity index is 869. The number of benzene rings is 1. The molecule has 1 saturated carbocycles. The molecule has 0 aromatic heterocycles. The van der Waals surface area contributed by atoms with E-state index in [1.807, 2.05) is 0 Å². The molecule has 1 aliphatic rings. The molecule has 0 radical (unpaired) electrons. The van der Waals surface area contributed by atoms with Crippen molar-refractivity contribution in [2.45, 2.75) is 102 Å². The maximum absolute atomic E-state index is 12.4. The minimum Gasteiger partial charge on any atom is -0.493 e. The molecule has 0 saturated heterocycles. The summed E-state index contributed by atoms with van der Waals surface area (Å²) < 4.78 is 26.6. The van der Waals surface area contributed by atoms with Gasteiger partial charge in [0.15, 0.2) is 12.6 Å². The zero-order chi connectivity index (χ0) is 33.1. The summed E-state index contributed by atoms with van der Waals surface area (Å²) in [5.74, 6) is 0.251. The van der Waals surface area contributed by atoms with E-state index in [9.17, 15) is 25.2 Å². The molecule has 0 aliphatic heterocycles. The summed E-state index contributed by atoms with van der Waals surface area (Å²) in [6.45, 7) is 5.53. The molecule has 1 aliphatic carbocycles. The lowest BCUT2D eigenvalue weighted by atomic mass is 10.1. The van der Waals surface area contributed by atoms with Gasteiger partial charge in [-0.05, 0) is 31.9 Å². The average molecular weight is 636 g/mol. The average Bonchev–Trinajstić information content (AvgIpc) is 3.61. The van der Waals surface area contributed by atoms with Gasteiger partial charge in [-0.3, -0.25) is 0 Å². The lowest BCUT2D eigenvalue weighted by Crippen LogP contribution is -2.47. The highest BCUT2D eigenvalue weighted by Crippen LogP contribution is 2.31. The van der Waals surface area contributed by atoms with E-state index in [-0.39, 0.29) is 13.2 Å². The Labute approximate surface area is 259 Å². The third-order valence-corrected chi connectivity index (χ3v) is 6.71. The number of hydrogen-bond acceptors (Lipinski definition) is 14. The van der Waals surface area contributed by atoms with Crippen molar-refractivity contribution in [1.82, 2.24) is 0 Å². The normalized spacial score (nSPS) is 20.8. The quantitative estimate of drug-likeness (QED) is 0.0478. The van der Waals surface area contributed by atoms with Gasteiger partial charge in [0.05, 0.1) is 56.7 Å². The molecule has 14 nitrogen and oxygen atoms in total. The van der Waals surface area contributed by atoms with Crippen molar-refractivity contribution >= 4 is 5.97 Å². The number of hydrogen-bond donors (Lipinski definition) is 8. The summed E-state index contributed by atoms with van der Waals surface area (Å²) in [6, 6.07) is 5.09. The van der Waals surface area contributed by atoms with Gasteiger partial charge in [-0.15, -0.1) is 0 Å². The van der Waals surface area contributed by atoms with E-state index in [0.29, 0.717) is 30.3 Å². The van der Waals surface area contributed by atoms with Crippen LogP contribution in [0.25, 0.3) is 0 Å². The van der Waals surface area contributed by atoms with Crippen molar-refractivity contribution in [3.05, 3.63) is 23.8 Å². The molecule has 1 aromatic carbocycles. The summed E-state index contributed by atoms with van der Waals surface area (Å²) in [5, 5.41) is 63.6. The van der Waals surface area contributed by atoms with E-state index in [2.05, 4.69) is 13.8 Å². The molecule has 1 fully saturated rings. The van der Waals surface area contributed by atoms with Gasteiger partial charge in [-0.2, -0.15) is 0 Å². The molecule has 2 rings (SSSR count). The smallest absolute Gasteiger partial charge is 0.338 e. The van der Waals surface area contributed by atoms with Crippen molar-refractivity contribution in [3.8, 4) is 11.5 Å². The van der Waals surface area contributed by atoms with Crippen LogP contribution < -0.4 is 15.2 Å². The second kappa shape index (κ2) is 22.4. The standard InChI is InChI=1S/C21H32O6.C9H21NO7/c1-3-5-7-9-25-16-11-15(12-17(13-16)26-10-8-6-4-2)21(24)27-14-18-19(22)20(18)23;1-5(17-8(14)4-12)16-7(2-10)9(15)6(13)3-11/h11-13,18-20,22-23H,3-10,14H2,1-2H3;5-9,11-15H,2-4,10H2,1H3/t;5?,6-,7?,8+,9?/m.0/s1. The maximum Gasteiger partial charge on any atom is 0.338 e. The van der Waals surface area contributed by atoms with Crippen molar-refractivity contribution in [2.24, 2.45) is 11.7 Å². The number of nitrogens with two attached hydrogens (primary N) is 1. The van der Waals surface area contributed by atoms with Crippen molar-refractivity contribution in [2.75, 3.05) is 39.6 Å². The molecule has 0 bridgehead atoms. The molecule has 1 aromatic rings. The van der Waals surface area contributed by atoms with Gasteiger partial charge in [-0.25, -0.2) is 4.79 Å². The van der Waals surface area contributed by atoms with Crippen LogP contribution in [0, 0.1) is 5.92 Å². The van der Waals surface area contributed by atoms with Crippen LogP contribution in [0.4, 0.5) is 0 Å². The van der Waals surface area contributed by atoms with Crippen LogP contribution in [-0.4, -0.2) is 124 Å². The van der Waals surface area contributed by atoms with E-state index in [0.717, 1.165) is 38.5 Å². The Kier molecular flexibility index (Phi) is 20.3. The van der Waals surface area contributed by atoms with Crippen LogP contribution in [-0.2, 0) is 14.2 Å². The second-order valence-corrected chi connectivity index (χ2v) is 10.5. The zero-order valence-corrected chi connectivity index (χ0v) is 26.0. The van der Waals surface area contributed by atoms with Gasteiger partial charge >= 0.3 is 5.97 Å². The van der Waals surface area contributed by atoms with Crippen LogP contribution in [0.15, 0.2) is 18.2 Å². The van der Waals surface area contributed by atoms with Crippen molar-refractivity contribution in [1.29, 1.82) is 0 Å². The predicted octanol–water partition coefficient (Wildman–Crippen LogP) is 0.0507. The lowest BCUT2D eigenvalue weighted by molar-refractivity contribution is -0.256. The Morgan fingerprint density at radius 2 is 1.41 bits per heavy atom. The highest BCUT2D eigenvalue weighted by atomic mass is 16.7. The zero-order valence-electron chi connectivity index (χ0n) is 26.0. The van der Waals surface area contributed by atoms with Crippen LogP contribution in [0.2, 0.25) is 0 Å². The highest BCUT2D eigenvalue weighted by molar-refractivity contribution is 5.90. The predicted molar refractivity (Wildman–Crippen MR) is 159 cm³/mol. The molecule has 0 spiro atoms. The van der Waals surface area contributed by atoms with Gasteiger partial charge in [0.25, 0.3) is 0 Å². The SMILES string of the molecule is CC(OC(CN)C(O)[C@@H](O)CO)O[C@@H](O)CO.CCCCCOc1cc(OCCCCC)cc(C(=O)OCC2C(O)C2O)c1. The molecule has 5 unspecified atom stereocenters. The number of aliphatic hydroxyl groups is 7. The number of esters is 1. The number of carbonyl (C=O) groups is 1. The second-order valence-electron chi connectivity index (χ2n) is 10.5. The highest BCUT2D eigenvalue weighted by Gasteiger charge is 2.49. The Balaban J connectivity index is 0.000000493. The largest absolute Gasteiger partial charge is 0.493 e. The summed E-state index contributed by atoms with van der Waals surface area (Å²) in [4.78, 5) is 12.4. The van der Waals surface area contributed by atoms with E-state index in [1.165, 1.54) is 6.92 Å². The Hall–Kier alpha value is -2.11. The monoisotopic (exact) mass is 635 g/mol. The molecule has 0 amide bonds. The Morgan fingerprint density at radius 3 is 1.84 bits per heavy atom. The summed E-state index contributed by atoms with van der Waals surface area (Å²) >= 11 is 0. The molecule has 9 N–H and O–H groups in total. The van der Waals surface area contributed by atoms with Crippen molar-refractivity contribution in [3.63, 3.8) is 0 Å². The van der Waals surface area contributed by atoms with Gasteiger partial charge in [-0.1, -0.05) is 39.5 Å². The van der Waals surface area contributed by atoms with E-state index >= 15 is 0 Å². The molecule has 44 heavy (non-hydrogen) atoms. The summed E-state index contributed by atoms with van der Waals surface area (Å²) in [7, 11) is 0. The fourth-order valence-electron chi connectivity index (χ4n) is 3.90. The topological polar surface area (TPSA) is 231 Å². The number of ether oxygens (including phenoxy) is 5. The first kappa shape index (κ1) is 39.9. The third kappa shape index (κ3) is 15.3. The minimum absolute atomic E-state index is 0.00452. The first-order valence-corrected chi connectivity index (χ1v) is 15.2. The molecular formula is C30H53NO13. The number of rotatable bonds is 22.